The normalized spacial score (nSPS) is 12.2. The van der Waals surface area contributed by atoms with E-state index in [0.717, 1.165) is 27.9 Å². The zero-order valence-electron chi connectivity index (χ0n) is 19.9. The van der Waals surface area contributed by atoms with Crippen LogP contribution >= 0.6 is 39.1 Å². The van der Waals surface area contributed by atoms with Gasteiger partial charge in [-0.25, -0.2) is 8.42 Å². The number of amides is 2. The number of carbonyl (C=O) groups excluding carboxylic acids is 2. The van der Waals surface area contributed by atoms with Crippen LogP contribution in [0.15, 0.2) is 46.9 Å². The Balaban J connectivity index is 2.45. The molecule has 0 bridgehead atoms. The van der Waals surface area contributed by atoms with E-state index in [4.69, 9.17) is 23.2 Å². The molecule has 11 heteroatoms. The molecule has 0 saturated heterocycles. The van der Waals surface area contributed by atoms with E-state index in [0.29, 0.717) is 34.3 Å². The lowest BCUT2D eigenvalue weighted by atomic mass is 10.1. The third-order valence-corrected chi connectivity index (χ3v) is 7.78. The van der Waals surface area contributed by atoms with Gasteiger partial charge in [-0.2, -0.15) is 0 Å². The first-order valence-electron chi connectivity index (χ1n) is 11.2. The Morgan fingerprint density at radius 1 is 1.06 bits per heavy atom. The Labute approximate surface area is 225 Å². The molecule has 0 fully saturated rings. The summed E-state index contributed by atoms with van der Waals surface area (Å²) < 4.78 is 27.0. The molecule has 0 spiro atoms. The van der Waals surface area contributed by atoms with E-state index in [9.17, 15) is 18.0 Å². The molecule has 0 aliphatic heterocycles. The van der Waals surface area contributed by atoms with Crippen molar-refractivity contribution in [2.24, 2.45) is 0 Å². The van der Waals surface area contributed by atoms with E-state index >= 15 is 0 Å². The first kappa shape index (κ1) is 29.4. The molecule has 2 aromatic rings. The SMILES string of the molecule is CCCCNC(=O)C(CC)N(Cc1c(Cl)cccc1Cl)C(=O)CN(c1ccc(Br)cc1)S(C)(=O)=O. The molecule has 0 radical (unpaired) electrons. The highest BCUT2D eigenvalue weighted by molar-refractivity contribution is 9.10. The van der Waals surface area contributed by atoms with Crippen LogP contribution in [-0.4, -0.2) is 50.5 Å². The summed E-state index contributed by atoms with van der Waals surface area (Å²) in [5, 5.41) is 3.57. The Bertz CT molecular complexity index is 1110. The van der Waals surface area contributed by atoms with Crippen LogP contribution in [0, 0.1) is 0 Å². The zero-order valence-corrected chi connectivity index (χ0v) is 23.8. The second-order valence-corrected chi connectivity index (χ2v) is 11.7. The van der Waals surface area contributed by atoms with Crippen LogP contribution < -0.4 is 9.62 Å². The lowest BCUT2D eigenvalue weighted by Crippen LogP contribution is -2.52. The second kappa shape index (κ2) is 13.5. The summed E-state index contributed by atoms with van der Waals surface area (Å²) in [6, 6.07) is 10.7. The summed E-state index contributed by atoms with van der Waals surface area (Å²) in [5.41, 5.74) is 0.818. The highest BCUT2D eigenvalue weighted by Crippen LogP contribution is 2.28. The van der Waals surface area contributed by atoms with E-state index in [1.165, 1.54) is 4.90 Å². The summed E-state index contributed by atoms with van der Waals surface area (Å²) in [7, 11) is -3.80. The molecule has 1 N–H and O–H groups in total. The average Bonchev–Trinajstić information content (AvgIpc) is 2.79. The van der Waals surface area contributed by atoms with Gasteiger partial charge in [0.05, 0.1) is 11.9 Å². The van der Waals surface area contributed by atoms with Crippen molar-refractivity contribution in [3.05, 3.63) is 62.5 Å². The first-order valence-corrected chi connectivity index (χ1v) is 14.6. The highest BCUT2D eigenvalue weighted by Gasteiger charge is 2.32. The fourth-order valence-corrected chi connectivity index (χ4v) is 5.13. The van der Waals surface area contributed by atoms with Crippen molar-refractivity contribution in [2.75, 3.05) is 23.7 Å². The number of anilines is 1. The molecule has 7 nitrogen and oxygen atoms in total. The molecule has 0 aromatic heterocycles. The van der Waals surface area contributed by atoms with E-state index in [2.05, 4.69) is 21.2 Å². The average molecular weight is 607 g/mol. The van der Waals surface area contributed by atoms with Crippen molar-refractivity contribution in [3.8, 4) is 0 Å². The predicted octanol–water partition coefficient (Wildman–Crippen LogP) is 5.25. The third kappa shape index (κ3) is 8.37. The lowest BCUT2D eigenvalue weighted by molar-refractivity contribution is -0.140. The third-order valence-electron chi connectivity index (χ3n) is 5.40. The molecule has 2 amide bonds. The van der Waals surface area contributed by atoms with Crippen LogP contribution in [-0.2, 0) is 26.2 Å². The highest BCUT2D eigenvalue weighted by atomic mass is 79.9. The van der Waals surface area contributed by atoms with Gasteiger partial charge < -0.3 is 10.2 Å². The van der Waals surface area contributed by atoms with E-state index in [-0.39, 0.29) is 12.5 Å². The van der Waals surface area contributed by atoms with Crippen LogP contribution in [0.25, 0.3) is 0 Å². The number of hydrogen-bond acceptors (Lipinski definition) is 4. The molecule has 0 aliphatic rings. The summed E-state index contributed by atoms with van der Waals surface area (Å²) in [5.74, 6) is -0.862. The van der Waals surface area contributed by atoms with E-state index < -0.39 is 28.5 Å². The van der Waals surface area contributed by atoms with Gasteiger partial charge in [-0.3, -0.25) is 13.9 Å². The standard InChI is InChI=1S/C24H30BrCl2N3O4S/c1-4-6-14-28-24(32)22(5-2)29(15-19-20(26)8-7-9-21(19)27)23(31)16-30(35(3,33)34)18-12-10-17(25)11-13-18/h7-13,22H,4-6,14-16H2,1-3H3,(H,28,32). The number of carbonyl (C=O) groups is 2. The van der Waals surface area contributed by atoms with Crippen molar-refractivity contribution in [1.82, 2.24) is 10.2 Å². The Morgan fingerprint density at radius 2 is 1.66 bits per heavy atom. The molecule has 1 atom stereocenters. The molecule has 0 saturated carbocycles. The fourth-order valence-electron chi connectivity index (χ4n) is 3.50. The molecule has 2 aromatic carbocycles. The number of sulfonamides is 1. The lowest BCUT2D eigenvalue weighted by Gasteiger charge is -2.33. The zero-order chi connectivity index (χ0) is 26.2. The molecule has 2 rings (SSSR count). The van der Waals surface area contributed by atoms with Gasteiger partial charge in [-0.15, -0.1) is 0 Å². The Kier molecular flexibility index (Phi) is 11.3. The number of unbranched alkanes of at least 4 members (excludes halogenated alkanes) is 1. The van der Waals surface area contributed by atoms with Crippen LogP contribution in [0.2, 0.25) is 10.0 Å². The van der Waals surface area contributed by atoms with E-state index in [1.807, 2.05) is 6.92 Å². The minimum Gasteiger partial charge on any atom is -0.354 e. The van der Waals surface area contributed by atoms with Gasteiger partial charge >= 0.3 is 0 Å². The number of rotatable bonds is 12. The van der Waals surface area contributed by atoms with Gasteiger partial charge in [0.1, 0.15) is 12.6 Å². The monoisotopic (exact) mass is 605 g/mol. The van der Waals surface area contributed by atoms with Crippen molar-refractivity contribution >= 4 is 66.7 Å². The van der Waals surface area contributed by atoms with Crippen molar-refractivity contribution < 1.29 is 18.0 Å². The molecule has 0 aliphatic carbocycles. The molecule has 192 valence electrons. The predicted molar refractivity (Wildman–Crippen MR) is 145 cm³/mol. The van der Waals surface area contributed by atoms with Gasteiger partial charge in [-0.05, 0) is 49.2 Å². The van der Waals surface area contributed by atoms with E-state index in [1.54, 1.807) is 49.4 Å². The second-order valence-electron chi connectivity index (χ2n) is 8.04. The quantitative estimate of drug-likeness (QED) is 0.335. The van der Waals surface area contributed by atoms with Crippen molar-refractivity contribution in [3.63, 3.8) is 0 Å². The van der Waals surface area contributed by atoms with Crippen LogP contribution in [0.1, 0.15) is 38.7 Å². The molecule has 0 heterocycles. The van der Waals surface area contributed by atoms with Gasteiger partial charge in [0.25, 0.3) is 0 Å². The van der Waals surface area contributed by atoms with Gasteiger partial charge in [-0.1, -0.05) is 65.5 Å². The Hall–Kier alpha value is -1.81. The van der Waals surface area contributed by atoms with Gasteiger partial charge in [0.15, 0.2) is 0 Å². The first-order chi connectivity index (χ1) is 16.5. The number of benzene rings is 2. The minimum atomic E-state index is -3.80. The van der Waals surface area contributed by atoms with Crippen molar-refractivity contribution in [1.29, 1.82) is 0 Å². The maximum atomic E-state index is 13.6. The van der Waals surface area contributed by atoms with Crippen LogP contribution in [0.3, 0.4) is 0 Å². The summed E-state index contributed by atoms with van der Waals surface area (Å²) >= 11 is 16.1. The topological polar surface area (TPSA) is 86.8 Å². The summed E-state index contributed by atoms with van der Waals surface area (Å²) in [4.78, 5) is 28.0. The number of halogens is 3. The largest absolute Gasteiger partial charge is 0.354 e. The molecule has 1 unspecified atom stereocenters. The number of nitrogens with one attached hydrogen (secondary N) is 1. The maximum Gasteiger partial charge on any atom is 0.244 e. The maximum absolute atomic E-state index is 13.6. The molecular weight excluding hydrogens is 577 g/mol. The fraction of sp³-hybridized carbons (Fsp3) is 0.417. The van der Waals surface area contributed by atoms with Crippen LogP contribution in [0.5, 0.6) is 0 Å². The summed E-state index contributed by atoms with van der Waals surface area (Å²) in [6.45, 7) is 3.76. The Morgan fingerprint density at radius 3 is 2.17 bits per heavy atom. The number of hydrogen-bond donors (Lipinski definition) is 1. The summed E-state index contributed by atoms with van der Waals surface area (Å²) in [6.07, 6.45) is 3.07. The van der Waals surface area contributed by atoms with Crippen LogP contribution in [0.4, 0.5) is 5.69 Å². The van der Waals surface area contributed by atoms with Crippen molar-refractivity contribution in [2.45, 2.75) is 45.7 Å². The van der Waals surface area contributed by atoms with Gasteiger partial charge in [0, 0.05) is 33.2 Å². The van der Waals surface area contributed by atoms with Gasteiger partial charge in [0.2, 0.25) is 21.8 Å². The molecular formula is C24H30BrCl2N3O4S. The smallest absolute Gasteiger partial charge is 0.244 e. The minimum absolute atomic E-state index is 0.0466. The number of nitrogens with zero attached hydrogens (tertiary/aromatic N) is 2. The molecule has 35 heavy (non-hydrogen) atoms.